The summed E-state index contributed by atoms with van der Waals surface area (Å²) in [7, 11) is 1.69. The zero-order valence-corrected chi connectivity index (χ0v) is 11.8. The van der Waals surface area contributed by atoms with Gasteiger partial charge in [0.05, 0.1) is 18.1 Å². The first kappa shape index (κ1) is 15.0. The van der Waals surface area contributed by atoms with Gasteiger partial charge in [0.2, 0.25) is 0 Å². The van der Waals surface area contributed by atoms with Crippen LogP contribution in [0.1, 0.15) is 19.2 Å². The number of rotatable bonds is 9. The molecular weight excluding hydrogens is 250 g/mol. The summed E-state index contributed by atoms with van der Waals surface area (Å²) in [4.78, 5) is 7.02. The van der Waals surface area contributed by atoms with Crippen molar-refractivity contribution in [1.82, 2.24) is 19.7 Å². The van der Waals surface area contributed by atoms with Gasteiger partial charge < -0.3 is 10.5 Å². The second kappa shape index (κ2) is 8.12. The molecule has 6 nitrogen and oxygen atoms in total. The molecule has 2 N–H and O–H groups in total. The van der Waals surface area contributed by atoms with Gasteiger partial charge in [-0.2, -0.15) is 5.10 Å². The van der Waals surface area contributed by atoms with Crippen molar-refractivity contribution in [2.75, 3.05) is 26.8 Å². The summed E-state index contributed by atoms with van der Waals surface area (Å²) in [5.74, 6) is 0.955. The standard InChI is InChI=1S/C11H21N5OS/c1-3-16-11(13-9-14-16)8-15(6-7-17-2)5-4-10(12)18/h9H,3-8H2,1-2H3,(H2,12,18). The van der Waals surface area contributed by atoms with Crippen molar-refractivity contribution in [2.24, 2.45) is 5.73 Å². The van der Waals surface area contributed by atoms with Crippen LogP contribution in [0, 0.1) is 0 Å². The molecule has 0 spiro atoms. The van der Waals surface area contributed by atoms with Crippen LogP contribution in [0.5, 0.6) is 0 Å². The van der Waals surface area contributed by atoms with Crippen molar-refractivity contribution in [3.8, 4) is 0 Å². The molecule has 0 aromatic carbocycles. The number of aryl methyl sites for hydroxylation is 1. The van der Waals surface area contributed by atoms with E-state index in [1.54, 1.807) is 13.4 Å². The largest absolute Gasteiger partial charge is 0.393 e. The molecule has 0 bridgehead atoms. The molecule has 0 saturated heterocycles. The SMILES string of the molecule is CCn1ncnc1CN(CCOC)CCC(N)=S. The van der Waals surface area contributed by atoms with Crippen LogP contribution in [0.25, 0.3) is 0 Å². The lowest BCUT2D eigenvalue weighted by Crippen LogP contribution is -2.31. The van der Waals surface area contributed by atoms with E-state index >= 15 is 0 Å². The third-order valence-corrected chi connectivity index (χ3v) is 2.85. The molecule has 0 fully saturated rings. The average Bonchev–Trinajstić information content (AvgIpc) is 2.79. The fraction of sp³-hybridized carbons (Fsp3) is 0.727. The van der Waals surface area contributed by atoms with Gasteiger partial charge in [0.25, 0.3) is 0 Å². The minimum atomic E-state index is 0.536. The predicted octanol–water partition coefficient (Wildman–Crippen LogP) is 0.423. The highest BCUT2D eigenvalue weighted by Crippen LogP contribution is 2.02. The van der Waals surface area contributed by atoms with Gasteiger partial charge in [-0.3, -0.25) is 4.90 Å². The first-order chi connectivity index (χ1) is 8.67. The molecule has 0 aliphatic rings. The van der Waals surface area contributed by atoms with Crippen LogP contribution < -0.4 is 5.73 Å². The van der Waals surface area contributed by atoms with Crippen molar-refractivity contribution in [3.63, 3.8) is 0 Å². The molecule has 18 heavy (non-hydrogen) atoms. The fourth-order valence-electron chi connectivity index (χ4n) is 1.63. The van der Waals surface area contributed by atoms with Gasteiger partial charge in [-0.1, -0.05) is 12.2 Å². The third kappa shape index (κ3) is 5.07. The zero-order chi connectivity index (χ0) is 13.4. The van der Waals surface area contributed by atoms with E-state index in [9.17, 15) is 0 Å². The highest BCUT2D eigenvalue weighted by molar-refractivity contribution is 7.80. The quantitative estimate of drug-likeness (QED) is 0.657. The van der Waals surface area contributed by atoms with Crippen LogP contribution >= 0.6 is 12.2 Å². The smallest absolute Gasteiger partial charge is 0.140 e. The predicted molar refractivity (Wildman–Crippen MR) is 74.3 cm³/mol. The lowest BCUT2D eigenvalue weighted by atomic mass is 10.3. The Hall–Kier alpha value is -1.05. The second-order valence-electron chi connectivity index (χ2n) is 3.98. The maximum absolute atomic E-state index is 5.54. The molecular formula is C11H21N5OS. The van der Waals surface area contributed by atoms with E-state index in [0.717, 1.165) is 32.0 Å². The van der Waals surface area contributed by atoms with E-state index in [-0.39, 0.29) is 0 Å². The number of hydrogen-bond acceptors (Lipinski definition) is 5. The summed E-state index contributed by atoms with van der Waals surface area (Å²) < 4.78 is 7.00. The summed E-state index contributed by atoms with van der Waals surface area (Å²) in [5.41, 5.74) is 5.54. The summed E-state index contributed by atoms with van der Waals surface area (Å²) in [6.45, 7) is 5.93. The number of aromatic nitrogens is 3. The number of ether oxygens (including phenoxy) is 1. The Labute approximate surface area is 113 Å². The molecule has 0 radical (unpaired) electrons. The van der Waals surface area contributed by atoms with E-state index in [2.05, 4.69) is 15.0 Å². The van der Waals surface area contributed by atoms with E-state index in [1.807, 2.05) is 11.6 Å². The maximum atomic E-state index is 5.54. The van der Waals surface area contributed by atoms with Crippen LogP contribution in [0.3, 0.4) is 0 Å². The molecule has 1 aromatic rings. The Kier molecular flexibility index (Phi) is 6.77. The summed E-state index contributed by atoms with van der Waals surface area (Å²) in [6.07, 6.45) is 2.29. The van der Waals surface area contributed by atoms with Crippen LogP contribution in [0.4, 0.5) is 0 Å². The molecule has 0 saturated carbocycles. The number of nitrogens with two attached hydrogens (primary N) is 1. The number of hydrogen-bond donors (Lipinski definition) is 1. The van der Waals surface area contributed by atoms with Gasteiger partial charge in [-0.25, -0.2) is 9.67 Å². The van der Waals surface area contributed by atoms with Gasteiger partial charge in [0.15, 0.2) is 0 Å². The molecule has 1 heterocycles. The molecule has 1 rings (SSSR count). The van der Waals surface area contributed by atoms with Gasteiger partial charge >= 0.3 is 0 Å². The van der Waals surface area contributed by atoms with Crippen molar-refractivity contribution < 1.29 is 4.74 Å². The van der Waals surface area contributed by atoms with E-state index in [4.69, 9.17) is 22.7 Å². The summed E-state index contributed by atoms with van der Waals surface area (Å²) in [6, 6.07) is 0. The van der Waals surface area contributed by atoms with Crippen LogP contribution in [-0.2, 0) is 17.8 Å². The molecule has 7 heteroatoms. The van der Waals surface area contributed by atoms with Gasteiger partial charge in [-0.05, 0) is 6.92 Å². The van der Waals surface area contributed by atoms with Crippen molar-refractivity contribution >= 4 is 17.2 Å². The Morgan fingerprint density at radius 1 is 1.56 bits per heavy atom. The Balaban J connectivity index is 2.56. The first-order valence-corrected chi connectivity index (χ1v) is 6.44. The van der Waals surface area contributed by atoms with E-state index < -0.39 is 0 Å². The Bertz CT molecular complexity index is 368. The van der Waals surface area contributed by atoms with Gasteiger partial charge in [-0.15, -0.1) is 0 Å². The zero-order valence-electron chi connectivity index (χ0n) is 11.0. The fourth-order valence-corrected chi connectivity index (χ4v) is 1.72. The lowest BCUT2D eigenvalue weighted by molar-refractivity contribution is 0.143. The van der Waals surface area contributed by atoms with Crippen LogP contribution in [-0.4, -0.2) is 51.5 Å². The summed E-state index contributed by atoms with van der Waals surface area (Å²) >= 11 is 4.91. The molecule has 0 amide bonds. The molecule has 102 valence electrons. The van der Waals surface area contributed by atoms with Gasteiger partial charge in [0, 0.05) is 33.2 Å². The molecule has 0 atom stereocenters. The Morgan fingerprint density at radius 2 is 2.33 bits per heavy atom. The van der Waals surface area contributed by atoms with Crippen molar-refractivity contribution in [3.05, 3.63) is 12.2 Å². The minimum Gasteiger partial charge on any atom is -0.393 e. The monoisotopic (exact) mass is 271 g/mol. The van der Waals surface area contributed by atoms with Crippen molar-refractivity contribution in [1.29, 1.82) is 0 Å². The molecule has 1 aromatic heterocycles. The third-order valence-electron chi connectivity index (χ3n) is 2.65. The Morgan fingerprint density at radius 3 is 2.94 bits per heavy atom. The maximum Gasteiger partial charge on any atom is 0.140 e. The van der Waals surface area contributed by atoms with E-state index in [0.29, 0.717) is 18.0 Å². The number of nitrogens with zero attached hydrogens (tertiary/aromatic N) is 4. The normalized spacial score (nSPS) is 11.1. The number of thiocarbonyl (C=S) groups is 1. The topological polar surface area (TPSA) is 69.2 Å². The van der Waals surface area contributed by atoms with Crippen molar-refractivity contribution in [2.45, 2.75) is 26.4 Å². The van der Waals surface area contributed by atoms with Gasteiger partial charge in [0.1, 0.15) is 12.2 Å². The van der Waals surface area contributed by atoms with E-state index in [1.165, 1.54) is 0 Å². The summed E-state index contributed by atoms with van der Waals surface area (Å²) in [5, 5.41) is 4.16. The average molecular weight is 271 g/mol. The lowest BCUT2D eigenvalue weighted by Gasteiger charge is -2.21. The minimum absolute atomic E-state index is 0.536. The molecule has 0 unspecified atom stereocenters. The first-order valence-electron chi connectivity index (χ1n) is 6.03. The van der Waals surface area contributed by atoms with Crippen LogP contribution in [0.2, 0.25) is 0 Å². The second-order valence-corrected chi connectivity index (χ2v) is 4.50. The highest BCUT2D eigenvalue weighted by Gasteiger charge is 2.10. The molecule has 0 aliphatic heterocycles. The van der Waals surface area contributed by atoms with Crippen LogP contribution in [0.15, 0.2) is 6.33 Å². The molecule has 0 aliphatic carbocycles. The number of methoxy groups -OCH3 is 1. The highest BCUT2D eigenvalue weighted by atomic mass is 32.1.